The molecule has 1 aliphatic rings. The Bertz CT molecular complexity index is 919. The first-order chi connectivity index (χ1) is 11.3. The van der Waals surface area contributed by atoms with Gasteiger partial charge in [0.25, 0.3) is 0 Å². The molecule has 7 heteroatoms. The maximum Gasteiger partial charge on any atom is 0.180 e. The zero-order valence-electron chi connectivity index (χ0n) is 13.9. The second-order valence-corrected chi connectivity index (χ2v) is 8.60. The van der Waals surface area contributed by atoms with E-state index in [1.807, 2.05) is 0 Å². The fourth-order valence-electron chi connectivity index (χ4n) is 2.74. The summed E-state index contributed by atoms with van der Waals surface area (Å²) in [5, 5.41) is 18.9. The molecule has 0 aliphatic carbocycles. The number of fused-ring (bicyclic) bond motifs is 1. The molecule has 0 saturated heterocycles. The van der Waals surface area contributed by atoms with Gasteiger partial charge in [-0.2, -0.15) is 0 Å². The Labute approximate surface area is 157 Å². The summed E-state index contributed by atoms with van der Waals surface area (Å²) in [6.45, 7) is 3.89. The molecule has 5 nitrogen and oxygen atoms in total. The van der Waals surface area contributed by atoms with Crippen LogP contribution in [0.2, 0.25) is 0 Å². The number of hydrogen-bond acceptors (Lipinski definition) is 5. The van der Waals surface area contributed by atoms with Crippen molar-refractivity contribution in [3.8, 4) is 11.5 Å². The molecular formula is C18H20BrNO4S. The van der Waals surface area contributed by atoms with Crippen LogP contribution in [0, 0.1) is 0 Å². The van der Waals surface area contributed by atoms with E-state index in [2.05, 4.69) is 4.99 Å². The lowest BCUT2D eigenvalue weighted by Crippen LogP contribution is -2.16. The summed E-state index contributed by atoms with van der Waals surface area (Å²) in [6, 6.07) is 9.68. The number of aromatic hydroxyl groups is 2. The average molecular weight is 426 g/mol. The van der Waals surface area contributed by atoms with Crippen LogP contribution in [0.15, 0.2) is 46.3 Å². The third kappa shape index (κ3) is 3.57. The Morgan fingerprint density at radius 2 is 1.64 bits per heavy atom. The van der Waals surface area contributed by atoms with Gasteiger partial charge in [-0.3, -0.25) is 4.99 Å². The van der Waals surface area contributed by atoms with Gasteiger partial charge in [0, 0.05) is 17.7 Å². The van der Waals surface area contributed by atoms with Crippen molar-refractivity contribution in [2.45, 2.75) is 30.4 Å². The van der Waals surface area contributed by atoms with Crippen molar-refractivity contribution in [1.29, 1.82) is 0 Å². The van der Waals surface area contributed by atoms with Crippen molar-refractivity contribution in [2.24, 2.45) is 4.99 Å². The Morgan fingerprint density at radius 1 is 1.04 bits per heavy atom. The van der Waals surface area contributed by atoms with Gasteiger partial charge in [-0.15, -0.1) is 17.0 Å². The molecule has 0 spiro atoms. The van der Waals surface area contributed by atoms with E-state index >= 15 is 0 Å². The molecule has 0 radical (unpaired) electrons. The van der Waals surface area contributed by atoms with Crippen molar-refractivity contribution in [1.82, 2.24) is 0 Å². The number of benzene rings is 2. The van der Waals surface area contributed by atoms with E-state index < -0.39 is 15.1 Å². The van der Waals surface area contributed by atoms with Gasteiger partial charge in [-0.25, -0.2) is 8.42 Å². The van der Waals surface area contributed by atoms with Gasteiger partial charge in [0.2, 0.25) is 0 Å². The summed E-state index contributed by atoms with van der Waals surface area (Å²) in [7, 11) is -3.31. The summed E-state index contributed by atoms with van der Waals surface area (Å²) in [4.78, 5) is 4.80. The zero-order chi connectivity index (χ0) is 17.5. The first-order valence-electron chi connectivity index (χ1n) is 7.74. The van der Waals surface area contributed by atoms with Crippen LogP contribution < -0.4 is 0 Å². The smallest absolute Gasteiger partial charge is 0.180 e. The molecule has 0 aromatic heterocycles. The topological polar surface area (TPSA) is 87.0 Å². The van der Waals surface area contributed by atoms with Crippen LogP contribution in [0.3, 0.4) is 0 Å². The summed E-state index contributed by atoms with van der Waals surface area (Å²) >= 11 is 0. The number of hydrogen-bond donors (Lipinski definition) is 2. The van der Waals surface area contributed by atoms with Crippen molar-refractivity contribution >= 4 is 32.5 Å². The number of nitrogens with zero attached hydrogens (tertiary/aromatic N) is 1. The highest BCUT2D eigenvalue weighted by molar-refractivity contribution is 8.93. The van der Waals surface area contributed by atoms with Gasteiger partial charge >= 0.3 is 0 Å². The van der Waals surface area contributed by atoms with Gasteiger partial charge in [0.1, 0.15) is 0 Å². The largest absolute Gasteiger partial charge is 0.504 e. The molecule has 2 aromatic carbocycles. The quantitative estimate of drug-likeness (QED) is 0.738. The highest BCUT2D eigenvalue weighted by Crippen LogP contribution is 2.32. The zero-order valence-corrected chi connectivity index (χ0v) is 16.5. The number of aliphatic imine (C=N–C) groups is 1. The molecule has 1 aliphatic heterocycles. The third-order valence-corrected chi connectivity index (χ3v) is 6.35. The van der Waals surface area contributed by atoms with E-state index in [0.29, 0.717) is 18.7 Å². The van der Waals surface area contributed by atoms with E-state index in [-0.39, 0.29) is 33.4 Å². The van der Waals surface area contributed by atoms with E-state index in [1.54, 1.807) is 44.2 Å². The molecule has 0 atom stereocenters. The van der Waals surface area contributed by atoms with Crippen molar-refractivity contribution in [3.05, 3.63) is 53.1 Å². The Balaban J connectivity index is 0.00000225. The third-order valence-electron chi connectivity index (χ3n) is 4.18. The van der Waals surface area contributed by atoms with Crippen molar-refractivity contribution < 1.29 is 18.6 Å². The van der Waals surface area contributed by atoms with Gasteiger partial charge in [0.05, 0.1) is 15.9 Å². The molecule has 0 fully saturated rings. The molecule has 134 valence electrons. The summed E-state index contributed by atoms with van der Waals surface area (Å²) < 4.78 is 24.4. The highest BCUT2D eigenvalue weighted by Gasteiger charge is 2.21. The standard InChI is InChI=1S/C18H19NO4S.BrH/c1-11(2)24(22,23)14-5-3-12(4-6-14)18-15-10-17(21)16(20)9-13(15)7-8-19-18;/h3-6,9-11,20-21H,7-8H2,1-2H3;1H. The number of phenolic OH excluding ortho intramolecular Hbond substituents is 2. The Morgan fingerprint density at radius 3 is 2.24 bits per heavy atom. The van der Waals surface area contributed by atoms with Gasteiger partial charge in [-0.05, 0) is 50.1 Å². The molecule has 0 amide bonds. The second-order valence-electron chi connectivity index (χ2n) is 6.10. The average Bonchev–Trinajstić information content (AvgIpc) is 2.55. The maximum absolute atomic E-state index is 12.2. The lowest BCUT2D eigenvalue weighted by atomic mass is 9.93. The SMILES string of the molecule is Br.CC(C)S(=O)(=O)c1ccc(C2=NCCc3cc(O)c(O)cc32)cc1. The lowest BCUT2D eigenvalue weighted by Gasteiger charge is -2.18. The van der Waals surface area contributed by atoms with Crippen molar-refractivity contribution in [2.75, 3.05) is 6.54 Å². The predicted molar refractivity (Wildman–Crippen MR) is 103 cm³/mol. The van der Waals surface area contributed by atoms with E-state index in [1.165, 1.54) is 6.07 Å². The Hall–Kier alpha value is -1.86. The molecule has 2 aromatic rings. The maximum atomic E-state index is 12.2. The summed E-state index contributed by atoms with van der Waals surface area (Å²) in [6.07, 6.45) is 0.687. The van der Waals surface area contributed by atoms with Crippen LogP contribution >= 0.6 is 17.0 Å². The summed E-state index contributed by atoms with van der Waals surface area (Å²) in [5.74, 6) is -0.337. The molecular weight excluding hydrogens is 406 g/mol. The minimum atomic E-state index is -3.31. The summed E-state index contributed by atoms with van der Waals surface area (Å²) in [5.41, 5.74) is 3.15. The molecule has 0 bridgehead atoms. The second kappa shape index (κ2) is 7.17. The number of rotatable bonds is 3. The molecule has 2 N–H and O–H groups in total. The van der Waals surface area contributed by atoms with E-state index in [4.69, 9.17) is 0 Å². The molecule has 25 heavy (non-hydrogen) atoms. The normalized spacial score (nSPS) is 13.8. The number of sulfone groups is 1. The van der Waals surface area contributed by atoms with Gasteiger partial charge < -0.3 is 10.2 Å². The van der Waals surface area contributed by atoms with Crippen LogP contribution in [-0.2, 0) is 16.3 Å². The number of halogens is 1. The minimum Gasteiger partial charge on any atom is -0.504 e. The van der Waals surface area contributed by atoms with Crippen molar-refractivity contribution in [3.63, 3.8) is 0 Å². The van der Waals surface area contributed by atoms with E-state index in [9.17, 15) is 18.6 Å². The fraction of sp³-hybridized carbons (Fsp3) is 0.278. The van der Waals surface area contributed by atoms with Crippen LogP contribution in [0.1, 0.15) is 30.5 Å². The predicted octanol–water partition coefficient (Wildman–Crippen LogP) is 3.25. The highest BCUT2D eigenvalue weighted by atomic mass is 79.9. The monoisotopic (exact) mass is 425 g/mol. The first kappa shape index (κ1) is 19.5. The van der Waals surface area contributed by atoms with Crippen LogP contribution in [0.25, 0.3) is 0 Å². The molecule has 1 heterocycles. The lowest BCUT2D eigenvalue weighted by molar-refractivity contribution is 0.403. The first-order valence-corrected chi connectivity index (χ1v) is 9.29. The molecule has 0 saturated carbocycles. The van der Waals surface area contributed by atoms with Gasteiger partial charge in [-0.1, -0.05) is 12.1 Å². The molecule has 0 unspecified atom stereocenters. The molecule has 3 rings (SSSR count). The Kier molecular flexibility index (Phi) is 5.58. The van der Waals surface area contributed by atoms with Crippen LogP contribution in [0.4, 0.5) is 0 Å². The van der Waals surface area contributed by atoms with E-state index in [0.717, 1.165) is 16.7 Å². The number of phenols is 2. The van der Waals surface area contributed by atoms with Crippen LogP contribution in [-0.4, -0.2) is 36.1 Å². The fourth-order valence-corrected chi connectivity index (χ4v) is 3.80. The van der Waals surface area contributed by atoms with Crippen LogP contribution in [0.5, 0.6) is 11.5 Å². The van der Waals surface area contributed by atoms with Gasteiger partial charge in [0.15, 0.2) is 21.3 Å². The minimum absolute atomic E-state index is 0.